The highest BCUT2D eigenvalue weighted by Gasteiger charge is 2.52. The molecule has 0 amide bonds. The molecule has 3 aromatic rings. The molecule has 0 radical (unpaired) electrons. The molecule has 172 valence electrons. The number of halogens is 1. The minimum absolute atomic E-state index is 0.207. The summed E-state index contributed by atoms with van der Waals surface area (Å²) in [6.45, 7) is 5.77. The molecule has 1 saturated heterocycles. The van der Waals surface area contributed by atoms with Crippen LogP contribution < -0.4 is 16.0 Å². The quantitative estimate of drug-likeness (QED) is 0.483. The lowest BCUT2D eigenvalue weighted by atomic mass is 9.95. The lowest BCUT2D eigenvalue weighted by Gasteiger charge is -2.33. The van der Waals surface area contributed by atoms with Crippen molar-refractivity contribution in [3.8, 4) is 0 Å². The van der Waals surface area contributed by atoms with Crippen molar-refractivity contribution in [3.63, 3.8) is 0 Å². The summed E-state index contributed by atoms with van der Waals surface area (Å²) < 4.78 is 19.6. The highest BCUT2D eigenvalue weighted by atomic mass is 19.1. The minimum Gasteiger partial charge on any atom is -0.457 e. The van der Waals surface area contributed by atoms with Crippen molar-refractivity contribution in [2.45, 2.75) is 50.8 Å². The van der Waals surface area contributed by atoms with Crippen molar-refractivity contribution in [3.05, 3.63) is 107 Å². The second-order valence-corrected chi connectivity index (χ2v) is 9.30. The maximum atomic E-state index is 13.8. The van der Waals surface area contributed by atoms with Crippen LogP contribution in [0.2, 0.25) is 0 Å². The lowest BCUT2D eigenvalue weighted by Crippen LogP contribution is -2.67. The molecule has 5 nitrogen and oxygen atoms in total. The van der Waals surface area contributed by atoms with Crippen molar-refractivity contribution >= 4 is 5.97 Å². The highest BCUT2D eigenvalue weighted by molar-refractivity contribution is 5.81. The molecule has 0 bridgehead atoms. The molecule has 6 heteroatoms. The molecule has 3 aromatic carbocycles. The number of ether oxygens (including phenoxy) is 1. The minimum atomic E-state index is -1.37. The van der Waals surface area contributed by atoms with Crippen LogP contribution in [0.4, 0.5) is 4.39 Å². The van der Waals surface area contributed by atoms with Crippen LogP contribution in [0.3, 0.4) is 0 Å². The van der Waals surface area contributed by atoms with E-state index < -0.39 is 17.4 Å². The molecule has 1 aliphatic rings. The highest BCUT2D eigenvalue weighted by Crippen LogP contribution is 2.37. The number of esters is 1. The van der Waals surface area contributed by atoms with Crippen molar-refractivity contribution in [1.82, 2.24) is 16.0 Å². The van der Waals surface area contributed by atoms with Gasteiger partial charge in [-0.1, -0.05) is 72.8 Å². The molecule has 2 atom stereocenters. The molecular weight excluding hydrogens is 417 g/mol. The summed E-state index contributed by atoms with van der Waals surface area (Å²) in [5.74, 6) is -2.16. The van der Waals surface area contributed by atoms with Crippen LogP contribution in [0, 0.1) is 5.82 Å². The molecule has 4 rings (SSSR count). The fourth-order valence-corrected chi connectivity index (χ4v) is 4.08. The Morgan fingerprint density at radius 1 is 0.909 bits per heavy atom. The lowest BCUT2D eigenvalue weighted by molar-refractivity contribution is -0.166. The summed E-state index contributed by atoms with van der Waals surface area (Å²) in [6.07, 6.45) is 0. The smallest absolute Gasteiger partial charge is 0.357 e. The van der Waals surface area contributed by atoms with Gasteiger partial charge in [-0.2, -0.15) is 0 Å². The Morgan fingerprint density at radius 3 is 1.94 bits per heavy atom. The van der Waals surface area contributed by atoms with Crippen LogP contribution in [0.1, 0.15) is 49.5 Å². The molecular formula is C27H30FN3O2. The molecule has 1 aliphatic heterocycles. The van der Waals surface area contributed by atoms with Crippen molar-refractivity contribution in [2.24, 2.45) is 0 Å². The number of carbonyl (C=O) groups excluding carboxylic acids is 1. The average molecular weight is 448 g/mol. The fourth-order valence-electron chi connectivity index (χ4n) is 4.08. The first kappa shape index (κ1) is 23.1. The van der Waals surface area contributed by atoms with Gasteiger partial charge in [0.25, 0.3) is 0 Å². The first-order valence-electron chi connectivity index (χ1n) is 11.1. The van der Waals surface area contributed by atoms with Gasteiger partial charge in [0.15, 0.2) is 0 Å². The molecule has 2 unspecified atom stereocenters. The van der Waals surface area contributed by atoms with E-state index in [9.17, 15) is 9.18 Å². The van der Waals surface area contributed by atoms with E-state index >= 15 is 0 Å². The second kappa shape index (κ2) is 9.43. The van der Waals surface area contributed by atoms with Gasteiger partial charge >= 0.3 is 5.97 Å². The molecule has 0 saturated carbocycles. The second-order valence-electron chi connectivity index (χ2n) is 9.30. The van der Waals surface area contributed by atoms with Gasteiger partial charge in [-0.15, -0.1) is 0 Å². The van der Waals surface area contributed by atoms with E-state index in [2.05, 4.69) is 16.0 Å². The van der Waals surface area contributed by atoms with Gasteiger partial charge in [0.2, 0.25) is 5.79 Å². The summed E-state index contributed by atoms with van der Waals surface area (Å²) in [6, 6.07) is 25.9. The van der Waals surface area contributed by atoms with Crippen molar-refractivity contribution < 1.29 is 13.9 Å². The largest absolute Gasteiger partial charge is 0.457 e. The molecule has 0 aromatic heterocycles. The first-order valence-corrected chi connectivity index (χ1v) is 11.1. The van der Waals surface area contributed by atoms with Crippen LogP contribution in [0.5, 0.6) is 0 Å². The number of hydrogen-bond acceptors (Lipinski definition) is 5. The molecule has 3 N–H and O–H groups in total. The average Bonchev–Trinajstić information content (AvgIpc) is 3.19. The summed E-state index contributed by atoms with van der Waals surface area (Å²) >= 11 is 0. The topological polar surface area (TPSA) is 62.4 Å². The van der Waals surface area contributed by atoms with Crippen LogP contribution in [0.15, 0.2) is 84.9 Å². The Hall–Kier alpha value is -3.06. The fraction of sp³-hybridized carbons (Fsp3) is 0.296. The Morgan fingerprint density at radius 2 is 1.45 bits per heavy atom. The summed E-state index contributed by atoms with van der Waals surface area (Å²) in [7, 11) is 0. The predicted molar refractivity (Wildman–Crippen MR) is 126 cm³/mol. The molecule has 33 heavy (non-hydrogen) atoms. The van der Waals surface area contributed by atoms with E-state index in [-0.39, 0.29) is 24.4 Å². The number of hydrogen-bond donors (Lipinski definition) is 3. The van der Waals surface area contributed by atoms with Crippen molar-refractivity contribution in [1.29, 1.82) is 0 Å². The predicted octanol–water partition coefficient (Wildman–Crippen LogP) is 4.59. The third-order valence-corrected chi connectivity index (χ3v) is 5.55. The van der Waals surface area contributed by atoms with E-state index in [1.54, 1.807) is 6.07 Å². The van der Waals surface area contributed by atoms with Gasteiger partial charge < -0.3 is 4.74 Å². The zero-order valence-corrected chi connectivity index (χ0v) is 19.1. The Kier molecular flexibility index (Phi) is 6.61. The van der Waals surface area contributed by atoms with E-state index in [4.69, 9.17) is 4.74 Å². The Labute approximate surface area is 194 Å². The van der Waals surface area contributed by atoms with Gasteiger partial charge in [-0.25, -0.2) is 9.18 Å². The molecule has 0 aliphatic carbocycles. The van der Waals surface area contributed by atoms with Gasteiger partial charge in [0.1, 0.15) is 11.4 Å². The third-order valence-electron chi connectivity index (χ3n) is 5.55. The Bertz CT molecular complexity index is 1040. The first-order chi connectivity index (χ1) is 15.8. The normalized spacial score (nSPS) is 22.8. The van der Waals surface area contributed by atoms with Crippen LogP contribution in [0.25, 0.3) is 0 Å². The van der Waals surface area contributed by atoms with Gasteiger partial charge in [-0.05, 0) is 49.6 Å². The van der Waals surface area contributed by atoms with Gasteiger partial charge in [0.05, 0.1) is 12.1 Å². The molecule has 1 heterocycles. The van der Waals surface area contributed by atoms with Gasteiger partial charge in [0, 0.05) is 6.54 Å². The molecule has 1 fully saturated rings. The van der Waals surface area contributed by atoms with E-state index in [1.807, 2.05) is 87.5 Å². The van der Waals surface area contributed by atoms with Crippen molar-refractivity contribution in [2.75, 3.05) is 0 Å². The monoisotopic (exact) mass is 447 g/mol. The van der Waals surface area contributed by atoms with Crippen LogP contribution in [-0.2, 0) is 16.1 Å². The van der Waals surface area contributed by atoms with E-state index in [0.29, 0.717) is 0 Å². The Balaban J connectivity index is 1.71. The SMILES string of the molecule is CC(C)(C)OC(=O)C1(NCc2cccc(F)c2)NC(c2ccccc2)C(c2ccccc2)N1. The standard InChI is InChI=1S/C27H30FN3O2/c1-26(2,3)33-25(32)27(29-18-19-11-10-16-22(28)17-19)30-23(20-12-6-4-7-13-20)24(31-27)21-14-8-5-9-15-21/h4-17,23-24,29-31H,18H2,1-3H3. The van der Waals surface area contributed by atoms with Gasteiger partial charge in [-0.3, -0.25) is 16.0 Å². The van der Waals surface area contributed by atoms with E-state index in [0.717, 1.165) is 16.7 Å². The summed E-state index contributed by atoms with van der Waals surface area (Å²) in [5.41, 5.74) is 2.12. The maximum Gasteiger partial charge on any atom is 0.357 e. The third kappa shape index (κ3) is 5.47. The zero-order valence-electron chi connectivity index (χ0n) is 19.1. The zero-order chi connectivity index (χ0) is 23.5. The molecule has 0 spiro atoms. The number of nitrogens with one attached hydrogen (secondary N) is 3. The summed E-state index contributed by atoms with van der Waals surface area (Å²) in [4.78, 5) is 13.5. The number of benzene rings is 3. The maximum absolute atomic E-state index is 13.8. The number of carbonyl (C=O) groups is 1. The summed E-state index contributed by atoms with van der Waals surface area (Å²) in [5, 5.41) is 10.3. The van der Waals surface area contributed by atoms with E-state index in [1.165, 1.54) is 12.1 Å². The van der Waals surface area contributed by atoms with Crippen LogP contribution in [-0.4, -0.2) is 17.4 Å². The van der Waals surface area contributed by atoms with Crippen LogP contribution >= 0.6 is 0 Å². The number of rotatable bonds is 6.